The SMILES string of the molecule is CCCC(CC1(C(=O)NC2CCC(C(=O)NC)CC2)CCCC1)C(=O)O. The van der Waals surface area contributed by atoms with E-state index in [4.69, 9.17) is 0 Å². The molecule has 2 saturated carbocycles. The van der Waals surface area contributed by atoms with E-state index in [1.165, 1.54) is 0 Å². The summed E-state index contributed by atoms with van der Waals surface area (Å²) in [6.45, 7) is 1.99. The van der Waals surface area contributed by atoms with Crippen molar-refractivity contribution in [2.45, 2.75) is 83.6 Å². The van der Waals surface area contributed by atoms with Gasteiger partial charge in [0, 0.05) is 19.0 Å². The van der Waals surface area contributed by atoms with Crippen LogP contribution in [0, 0.1) is 17.3 Å². The Balaban J connectivity index is 1.96. The molecular formula is C20H34N2O4. The minimum absolute atomic E-state index is 0.0424. The predicted molar refractivity (Wildman–Crippen MR) is 99.5 cm³/mol. The quantitative estimate of drug-likeness (QED) is 0.615. The van der Waals surface area contributed by atoms with Crippen LogP contribution in [0.15, 0.2) is 0 Å². The second-order valence-electron chi connectivity index (χ2n) is 8.15. The number of rotatable bonds is 8. The Bertz CT molecular complexity index is 506. The van der Waals surface area contributed by atoms with E-state index in [-0.39, 0.29) is 23.8 Å². The third kappa shape index (κ3) is 4.98. The molecule has 26 heavy (non-hydrogen) atoms. The molecule has 2 aliphatic rings. The molecule has 0 aromatic rings. The Morgan fingerprint density at radius 3 is 2.23 bits per heavy atom. The fraction of sp³-hybridized carbons (Fsp3) is 0.850. The maximum atomic E-state index is 13.1. The van der Waals surface area contributed by atoms with E-state index in [0.717, 1.165) is 57.8 Å². The average Bonchev–Trinajstić information content (AvgIpc) is 3.11. The predicted octanol–water partition coefficient (Wildman–Crippen LogP) is 2.86. The first-order valence-corrected chi connectivity index (χ1v) is 10.2. The van der Waals surface area contributed by atoms with Crippen LogP contribution >= 0.6 is 0 Å². The van der Waals surface area contributed by atoms with Crippen molar-refractivity contribution < 1.29 is 19.5 Å². The number of carbonyl (C=O) groups excluding carboxylic acids is 2. The van der Waals surface area contributed by atoms with Crippen molar-refractivity contribution in [1.29, 1.82) is 0 Å². The van der Waals surface area contributed by atoms with Crippen molar-refractivity contribution in [3.8, 4) is 0 Å². The van der Waals surface area contributed by atoms with Crippen LogP contribution in [-0.2, 0) is 14.4 Å². The molecule has 1 atom stereocenters. The molecule has 148 valence electrons. The third-order valence-corrected chi connectivity index (χ3v) is 6.35. The zero-order valence-electron chi connectivity index (χ0n) is 16.2. The Kier molecular flexibility index (Phi) is 7.47. The van der Waals surface area contributed by atoms with Gasteiger partial charge in [-0.2, -0.15) is 0 Å². The van der Waals surface area contributed by atoms with Gasteiger partial charge in [-0.15, -0.1) is 0 Å². The maximum absolute atomic E-state index is 13.1. The smallest absolute Gasteiger partial charge is 0.306 e. The van der Waals surface area contributed by atoms with Crippen molar-refractivity contribution in [3.63, 3.8) is 0 Å². The number of nitrogens with one attached hydrogen (secondary N) is 2. The van der Waals surface area contributed by atoms with Crippen LogP contribution in [0.1, 0.15) is 77.6 Å². The van der Waals surface area contributed by atoms with Gasteiger partial charge in [-0.25, -0.2) is 0 Å². The number of amides is 2. The highest BCUT2D eigenvalue weighted by Gasteiger charge is 2.44. The first-order chi connectivity index (χ1) is 12.4. The summed E-state index contributed by atoms with van der Waals surface area (Å²) in [7, 11) is 1.66. The highest BCUT2D eigenvalue weighted by atomic mass is 16.4. The maximum Gasteiger partial charge on any atom is 0.306 e. The van der Waals surface area contributed by atoms with Crippen molar-refractivity contribution in [2.24, 2.45) is 17.3 Å². The van der Waals surface area contributed by atoms with E-state index < -0.39 is 17.3 Å². The number of hydrogen-bond acceptors (Lipinski definition) is 3. The van der Waals surface area contributed by atoms with Crippen LogP contribution in [0.2, 0.25) is 0 Å². The monoisotopic (exact) mass is 366 g/mol. The summed E-state index contributed by atoms with van der Waals surface area (Å²) >= 11 is 0. The van der Waals surface area contributed by atoms with Gasteiger partial charge < -0.3 is 15.7 Å². The second-order valence-corrected chi connectivity index (χ2v) is 8.15. The van der Waals surface area contributed by atoms with Gasteiger partial charge in [0.2, 0.25) is 11.8 Å². The zero-order chi connectivity index (χ0) is 19.2. The number of carbonyl (C=O) groups is 3. The summed E-state index contributed by atoms with van der Waals surface area (Å²) in [5.74, 6) is -1.04. The highest BCUT2D eigenvalue weighted by Crippen LogP contribution is 2.44. The molecule has 2 aliphatic carbocycles. The topological polar surface area (TPSA) is 95.5 Å². The van der Waals surface area contributed by atoms with E-state index in [1.807, 2.05) is 6.92 Å². The fourth-order valence-corrected chi connectivity index (χ4v) is 4.75. The molecule has 0 heterocycles. The van der Waals surface area contributed by atoms with E-state index in [2.05, 4.69) is 10.6 Å². The number of hydrogen-bond donors (Lipinski definition) is 3. The summed E-state index contributed by atoms with van der Waals surface area (Å²) in [4.78, 5) is 36.4. The average molecular weight is 367 g/mol. The van der Waals surface area contributed by atoms with Crippen molar-refractivity contribution in [1.82, 2.24) is 10.6 Å². The van der Waals surface area contributed by atoms with Crippen molar-refractivity contribution in [3.05, 3.63) is 0 Å². The van der Waals surface area contributed by atoms with E-state index in [1.54, 1.807) is 7.05 Å². The molecule has 0 spiro atoms. The molecule has 3 N–H and O–H groups in total. The Labute approximate surface area is 156 Å². The standard InChI is InChI=1S/C20H34N2O4/c1-3-6-15(18(24)25)13-20(11-4-5-12-20)19(26)22-16-9-7-14(8-10-16)17(23)21-2/h14-16H,3-13H2,1-2H3,(H,21,23)(H,22,26)(H,24,25). The lowest BCUT2D eigenvalue weighted by atomic mass is 9.75. The first kappa shape index (κ1) is 20.7. The molecule has 0 aromatic carbocycles. The summed E-state index contributed by atoms with van der Waals surface area (Å²) in [5.41, 5.74) is -0.518. The number of aliphatic carboxylic acids is 1. The van der Waals surface area contributed by atoms with Gasteiger partial charge in [0.05, 0.1) is 11.3 Å². The van der Waals surface area contributed by atoms with E-state index in [0.29, 0.717) is 12.8 Å². The molecule has 2 rings (SSSR count). The zero-order valence-corrected chi connectivity index (χ0v) is 16.2. The minimum atomic E-state index is -0.781. The molecule has 0 bridgehead atoms. The Morgan fingerprint density at radius 1 is 1.12 bits per heavy atom. The second kappa shape index (κ2) is 9.38. The van der Waals surface area contributed by atoms with Gasteiger partial charge >= 0.3 is 5.97 Å². The highest BCUT2D eigenvalue weighted by molar-refractivity contribution is 5.84. The Hall–Kier alpha value is -1.59. The van der Waals surface area contributed by atoms with Gasteiger partial charge in [0.1, 0.15) is 0 Å². The molecule has 0 aliphatic heterocycles. The van der Waals surface area contributed by atoms with Crippen LogP contribution in [0.3, 0.4) is 0 Å². The lowest BCUT2D eigenvalue weighted by Gasteiger charge is -2.34. The third-order valence-electron chi connectivity index (χ3n) is 6.35. The van der Waals surface area contributed by atoms with E-state index >= 15 is 0 Å². The van der Waals surface area contributed by atoms with Crippen molar-refractivity contribution in [2.75, 3.05) is 7.05 Å². The van der Waals surface area contributed by atoms with Crippen LogP contribution in [-0.4, -0.2) is 36.0 Å². The summed E-state index contributed by atoms with van der Waals surface area (Å²) in [5, 5.41) is 15.4. The lowest BCUT2D eigenvalue weighted by molar-refractivity contribution is -0.144. The number of carboxylic acid groups (broad SMARTS) is 1. The van der Waals surface area contributed by atoms with Crippen LogP contribution in [0.5, 0.6) is 0 Å². The molecule has 0 aromatic heterocycles. The van der Waals surface area contributed by atoms with Gasteiger partial charge in [-0.05, 0) is 51.4 Å². The van der Waals surface area contributed by atoms with Crippen LogP contribution in [0.4, 0.5) is 0 Å². The van der Waals surface area contributed by atoms with Crippen LogP contribution in [0.25, 0.3) is 0 Å². The largest absolute Gasteiger partial charge is 0.481 e. The van der Waals surface area contributed by atoms with Gasteiger partial charge in [0.15, 0.2) is 0 Å². The Morgan fingerprint density at radius 2 is 1.73 bits per heavy atom. The molecule has 6 heteroatoms. The van der Waals surface area contributed by atoms with E-state index in [9.17, 15) is 19.5 Å². The molecular weight excluding hydrogens is 332 g/mol. The molecule has 6 nitrogen and oxygen atoms in total. The summed E-state index contributed by atoms with van der Waals surface area (Å²) in [6.07, 6.45) is 8.70. The van der Waals surface area contributed by atoms with Gasteiger partial charge in [-0.1, -0.05) is 26.2 Å². The number of carboxylic acids is 1. The summed E-state index contributed by atoms with van der Waals surface area (Å²) < 4.78 is 0. The normalized spacial score (nSPS) is 26.1. The molecule has 2 amide bonds. The van der Waals surface area contributed by atoms with Crippen molar-refractivity contribution >= 4 is 17.8 Å². The molecule has 0 radical (unpaired) electrons. The molecule has 2 fully saturated rings. The fourth-order valence-electron chi connectivity index (χ4n) is 4.75. The van der Waals surface area contributed by atoms with Gasteiger partial charge in [0.25, 0.3) is 0 Å². The first-order valence-electron chi connectivity index (χ1n) is 10.2. The van der Waals surface area contributed by atoms with Crippen LogP contribution < -0.4 is 10.6 Å². The molecule has 1 unspecified atom stereocenters. The summed E-state index contributed by atoms with van der Waals surface area (Å²) in [6, 6.07) is 0.107. The molecule has 0 saturated heterocycles. The minimum Gasteiger partial charge on any atom is -0.481 e. The van der Waals surface area contributed by atoms with Gasteiger partial charge in [-0.3, -0.25) is 14.4 Å². The lowest BCUT2D eigenvalue weighted by Crippen LogP contribution is -2.47.